The Bertz CT molecular complexity index is 1310. The van der Waals surface area contributed by atoms with Crippen LogP contribution in [0.3, 0.4) is 0 Å². The fourth-order valence-electron chi connectivity index (χ4n) is 2.88. The van der Waals surface area contributed by atoms with Crippen LogP contribution in [-0.4, -0.2) is 45.7 Å². The number of hydrogen-bond donors (Lipinski definition) is 1. The number of nitrogens with one attached hydrogen (secondary N) is 1. The molecule has 0 saturated heterocycles. The molecular weight excluding hydrogens is 414 g/mol. The van der Waals surface area contributed by atoms with E-state index in [0.717, 1.165) is 4.57 Å². The van der Waals surface area contributed by atoms with Crippen LogP contribution in [-0.2, 0) is 40.2 Å². The van der Waals surface area contributed by atoms with Gasteiger partial charge in [0.05, 0.1) is 17.8 Å². The highest BCUT2D eigenvalue weighted by Crippen LogP contribution is 2.09. The van der Waals surface area contributed by atoms with Crippen molar-refractivity contribution in [2.45, 2.75) is 24.4 Å². The Labute approximate surface area is 171 Å². The highest BCUT2D eigenvalue weighted by molar-refractivity contribution is 7.89. The molecule has 0 spiro atoms. The highest BCUT2D eigenvalue weighted by atomic mass is 32.2. The summed E-state index contributed by atoms with van der Waals surface area (Å²) in [7, 11) is -0.998. The molecule has 0 amide bonds. The predicted molar refractivity (Wildman–Crippen MR) is 107 cm³/mol. The van der Waals surface area contributed by atoms with Crippen molar-refractivity contribution in [2.24, 2.45) is 14.1 Å². The monoisotopic (exact) mass is 435 g/mol. The lowest BCUT2D eigenvalue weighted by Crippen LogP contribution is -2.40. The van der Waals surface area contributed by atoms with E-state index in [1.165, 1.54) is 48.6 Å². The van der Waals surface area contributed by atoms with Gasteiger partial charge in [-0.3, -0.25) is 18.7 Å². The normalized spacial score (nSPS) is 12.8. The molecular formula is C18H21N5O6S. The summed E-state index contributed by atoms with van der Waals surface area (Å²) in [4.78, 5) is 40.6. The zero-order valence-electron chi connectivity index (χ0n) is 16.6. The summed E-state index contributed by atoms with van der Waals surface area (Å²) >= 11 is 0. The van der Waals surface area contributed by atoms with Crippen molar-refractivity contribution in [2.75, 3.05) is 6.61 Å². The summed E-state index contributed by atoms with van der Waals surface area (Å²) in [6, 6.07) is 6.56. The van der Waals surface area contributed by atoms with E-state index in [9.17, 15) is 22.8 Å². The van der Waals surface area contributed by atoms with Crippen LogP contribution in [0, 0.1) is 0 Å². The van der Waals surface area contributed by atoms with Crippen molar-refractivity contribution < 1.29 is 17.9 Å². The lowest BCUT2D eigenvalue weighted by atomic mass is 10.4. The Kier molecular flexibility index (Phi) is 5.89. The predicted octanol–water partition coefficient (Wildman–Crippen LogP) is -0.656. The Hall–Kier alpha value is -3.25. The van der Waals surface area contributed by atoms with Gasteiger partial charge in [-0.2, -0.15) is 4.72 Å². The molecule has 12 heteroatoms. The number of aromatic nitrogens is 4. The van der Waals surface area contributed by atoms with E-state index < -0.39 is 33.3 Å². The topological polar surface area (TPSA) is 134 Å². The van der Waals surface area contributed by atoms with Gasteiger partial charge in [0, 0.05) is 14.1 Å². The Morgan fingerprint density at radius 1 is 1.17 bits per heavy atom. The summed E-state index contributed by atoms with van der Waals surface area (Å²) in [5.41, 5.74) is -0.587. The van der Waals surface area contributed by atoms with Gasteiger partial charge in [-0.15, -0.1) is 0 Å². The number of esters is 1. The molecule has 0 aliphatic rings. The van der Waals surface area contributed by atoms with Gasteiger partial charge in [-0.05, 0) is 19.1 Å². The summed E-state index contributed by atoms with van der Waals surface area (Å²) in [6.07, 6.45) is 1.38. The standard InChI is InChI=1S/C18H21N5O6S/c1-12(20-30(27,28)13-7-5-4-6-8-13)17(25)29-10-9-23-11-19-15-14(23)16(24)22(3)18(26)21(15)2/h4-8,11-12,20H,9-10H2,1-3H3/t12-/m0/s1. The lowest BCUT2D eigenvalue weighted by molar-refractivity contribution is -0.145. The maximum atomic E-state index is 12.4. The van der Waals surface area contributed by atoms with Crippen LogP contribution in [0.2, 0.25) is 0 Å². The van der Waals surface area contributed by atoms with Crippen molar-refractivity contribution in [1.29, 1.82) is 0 Å². The van der Waals surface area contributed by atoms with Gasteiger partial charge in [0.15, 0.2) is 11.2 Å². The molecule has 2 heterocycles. The van der Waals surface area contributed by atoms with Crippen LogP contribution < -0.4 is 16.0 Å². The number of hydrogen-bond acceptors (Lipinski definition) is 7. The molecule has 160 valence electrons. The van der Waals surface area contributed by atoms with Gasteiger partial charge in [0.25, 0.3) is 5.56 Å². The summed E-state index contributed by atoms with van der Waals surface area (Å²) in [5, 5.41) is 0. The van der Waals surface area contributed by atoms with Crippen molar-refractivity contribution in [3.05, 3.63) is 57.5 Å². The second-order valence-electron chi connectivity index (χ2n) is 6.64. The quantitative estimate of drug-likeness (QED) is 0.487. The third-order valence-electron chi connectivity index (χ3n) is 4.53. The number of aryl methyl sites for hydroxylation is 1. The number of ether oxygens (including phenoxy) is 1. The van der Waals surface area contributed by atoms with E-state index in [1.54, 1.807) is 18.2 Å². The molecule has 1 N–H and O–H groups in total. The van der Waals surface area contributed by atoms with E-state index in [1.807, 2.05) is 0 Å². The number of carbonyl (C=O) groups excluding carboxylic acids is 1. The number of imidazole rings is 1. The maximum Gasteiger partial charge on any atom is 0.332 e. The molecule has 0 fully saturated rings. The Balaban J connectivity index is 1.66. The third-order valence-corrected chi connectivity index (χ3v) is 6.09. The van der Waals surface area contributed by atoms with E-state index in [0.29, 0.717) is 0 Å². The van der Waals surface area contributed by atoms with E-state index in [2.05, 4.69) is 9.71 Å². The van der Waals surface area contributed by atoms with Crippen molar-refractivity contribution in [3.8, 4) is 0 Å². The zero-order valence-corrected chi connectivity index (χ0v) is 17.4. The average Bonchev–Trinajstić information content (AvgIpc) is 3.15. The molecule has 11 nitrogen and oxygen atoms in total. The molecule has 3 rings (SSSR count). The van der Waals surface area contributed by atoms with Gasteiger partial charge in [-0.25, -0.2) is 18.2 Å². The minimum atomic E-state index is -3.86. The fourth-order valence-corrected chi connectivity index (χ4v) is 4.10. The van der Waals surface area contributed by atoms with Crippen LogP contribution in [0.15, 0.2) is 51.1 Å². The van der Waals surface area contributed by atoms with Crippen LogP contribution in [0.4, 0.5) is 0 Å². The number of benzene rings is 1. The second-order valence-corrected chi connectivity index (χ2v) is 8.35. The number of rotatable bonds is 7. The lowest BCUT2D eigenvalue weighted by Gasteiger charge is -2.14. The van der Waals surface area contributed by atoms with Gasteiger partial charge in [0.1, 0.15) is 12.6 Å². The first-order chi connectivity index (χ1) is 14.1. The average molecular weight is 435 g/mol. The minimum Gasteiger partial charge on any atom is -0.463 e. The number of sulfonamides is 1. The molecule has 3 aromatic rings. The minimum absolute atomic E-state index is 0.0380. The molecule has 1 atom stereocenters. The van der Waals surface area contributed by atoms with Crippen LogP contribution in [0.25, 0.3) is 11.2 Å². The first-order valence-corrected chi connectivity index (χ1v) is 10.5. The van der Waals surface area contributed by atoms with Gasteiger partial charge < -0.3 is 9.30 Å². The Morgan fingerprint density at radius 3 is 2.50 bits per heavy atom. The Morgan fingerprint density at radius 2 is 1.83 bits per heavy atom. The molecule has 0 saturated carbocycles. The van der Waals surface area contributed by atoms with E-state index in [4.69, 9.17) is 4.74 Å². The molecule has 0 unspecified atom stereocenters. The fraction of sp³-hybridized carbons (Fsp3) is 0.333. The van der Waals surface area contributed by atoms with Crippen molar-refractivity contribution in [1.82, 2.24) is 23.4 Å². The molecule has 0 radical (unpaired) electrons. The van der Waals surface area contributed by atoms with Crippen molar-refractivity contribution in [3.63, 3.8) is 0 Å². The second kappa shape index (κ2) is 8.24. The maximum absolute atomic E-state index is 12.4. The highest BCUT2D eigenvalue weighted by Gasteiger charge is 2.23. The molecule has 30 heavy (non-hydrogen) atoms. The largest absolute Gasteiger partial charge is 0.463 e. The number of carbonyl (C=O) groups is 1. The van der Waals surface area contributed by atoms with Crippen LogP contribution in [0.1, 0.15) is 6.92 Å². The zero-order chi connectivity index (χ0) is 22.1. The smallest absolute Gasteiger partial charge is 0.332 e. The van der Waals surface area contributed by atoms with Crippen LogP contribution in [0.5, 0.6) is 0 Å². The first kappa shape index (κ1) is 21.5. The van der Waals surface area contributed by atoms with Crippen LogP contribution >= 0.6 is 0 Å². The summed E-state index contributed by atoms with van der Waals surface area (Å²) in [5.74, 6) is -0.765. The summed E-state index contributed by atoms with van der Waals surface area (Å²) in [6.45, 7) is 1.36. The number of fused-ring (bicyclic) bond motifs is 1. The summed E-state index contributed by atoms with van der Waals surface area (Å²) < 4.78 is 35.7. The molecule has 0 aliphatic carbocycles. The third kappa shape index (κ3) is 4.04. The number of nitrogens with zero attached hydrogens (tertiary/aromatic N) is 4. The molecule has 1 aromatic carbocycles. The van der Waals surface area contributed by atoms with E-state index in [-0.39, 0.29) is 29.2 Å². The first-order valence-electron chi connectivity index (χ1n) is 8.98. The van der Waals surface area contributed by atoms with Crippen molar-refractivity contribution >= 4 is 27.2 Å². The van der Waals surface area contributed by atoms with E-state index >= 15 is 0 Å². The van der Waals surface area contributed by atoms with Gasteiger partial charge >= 0.3 is 11.7 Å². The molecule has 0 aliphatic heterocycles. The molecule has 0 bridgehead atoms. The van der Waals surface area contributed by atoms with Gasteiger partial charge in [-0.1, -0.05) is 18.2 Å². The van der Waals surface area contributed by atoms with Gasteiger partial charge in [0.2, 0.25) is 10.0 Å². The molecule has 2 aromatic heterocycles. The SMILES string of the molecule is C[C@H](NS(=O)(=O)c1ccccc1)C(=O)OCCn1cnc2c1c(=O)n(C)c(=O)n2C.